The number of Topliss-reactive ketones (excluding diaryl/α,β-unsaturated/α-hetero) is 1. The maximum absolute atomic E-state index is 13.7. The fourth-order valence-electron chi connectivity index (χ4n) is 3.74. The number of ketones is 1. The predicted molar refractivity (Wildman–Crippen MR) is 113 cm³/mol. The lowest BCUT2D eigenvalue weighted by Gasteiger charge is -2.15. The second-order valence-electron chi connectivity index (χ2n) is 6.83. The van der Waals surface area contributed by atoms with Crippen molar-refractivity contribution in [2.75, 3.05) is 13.2 Å². The van der Waals surface area contributed by atoms with Crippen molar-refractivity contribution in [3.63, 3.8) is 0 Å². The molecule has 1 atom stereocenters. The molecule has 148 valence electrons. The first-order valence-corrected chi connectivity index (χ1v) is 9.69. The molecular formula is C24H23NO4. The minimum absolute atomic E-state index is 0.0651. The van der Waals surface area contributed by atoms with Gasteiger partial charge in [0.2, 0.25) is 0 Å². The molecule has 0 saturated heterocycles. The van der Waals surface area contributed by atoms with Crippen LogP contribution < -0.4 is 0 Å². The third kappa shape index (κ3) is 3.62. The van der Waals surface area contributed by atoms with Crippen LogP contribution in [0.1, 0.15) is 34.3 Å². The molecule has 0 bridgehead atoms. The van der Waals surface area contributed by atoms with Crippen LogP contribution in [0.2, 0.25) is 0 Å². The van der Waals surface area contributed by atoms with Gasteiger partial charge in [-0.1, -0.05) is 36.4 Å². The Morgan fingerprint density at radius 3 is 2.90 bits per heavy atom. The molecule has 4 aromatic rings. The number of para-hydroxylation sites is 1. The summed E-state index contributed by atoms with van der Waals surface area (Å²) in [4.78, 5) is 27.4. The van der Waals surface area contributed by atoms with Crippen molar-refractivity contribution in [3.8, 4) is 0 Å². The molecule has 2 heterocycles. The molecule has 0 fully saturated rings. The van der Waals surface area contributed by atoms with E-state index in [0.29, 0.717) is 24.2 Å². The molecular weight excluding hydrogens is 366 g/mol. The standard InChI is InChI=1S/C24H23NO4/c1-3-8-16-9-7-12-22-23(16)20(14-27-22)24(26)19(15-29-28-4-2)18-13-25-21-11-6-5-10-17(18)21/h3,5-7,9-14,19,25H,1,4,8,15H2,2H3. The number of aromatic nitrogens is 1. The summed E-state index contributed by atoms with van der Waals surface area (Å²) >= 11 is 0. The number of rotatable bonds is 9. The van der Waals surface area contributed by atoms with Gasteiger partial charge in [-0.25, -0.2) is 9.78 Å². The number of hydrogen-bond acceptors (Lipinski definition) is 4. The van der Waals surface area contributed by atoms with Gasteiger partial charge in [-0.05, 0) is 36.6 Å². The van der Waals surface area contributed by atoms with E-state index >= 15 is 0 Å². The third-order valence-electron chi connectivity index (χ3n) is 5.06. The van der Waals surface area contributed by atoms with Crippen molar-refractivity contribution in [2.45, 2.75) is 19.3 Å². The van der Waals surface area contributed by atoms with Gasteiger partial charge in [0, 0.05) is 22.5 Å². The number of H-pyrrole nitrogens is 1. The van der Waals surface area contributed by atoms with Crippen molar-refractivity contribution in [3.05, 3.63) is 84.3 Å². The first-order valence-electron chi connectivity index (χ1n) is 9.69. The van der Waals surface area contributed by atoms with Crippen molar-refractivity contribution < 1.29 is 19.0 Å². The molecule has 1 unspecified atom stereocenters. The summed E-state index contributed by atoms with van der Waals surface area (Å²) in [6, 6.07) is 13.7. The van der Waals surface area contributed by atoms with Crippen molar-refractivity contribution in [1.29, 1.82) is 0 Å². The molecule has 0 aliphatic rings. The molecule has 2 aromatic carbocycles. The Morgan fingerprint density at radius 1 is 1.21 bits per heavy atom. The number of fused-ring (bicyclic) bond motifs is 2. The topological polar surface area (TPSA) is 64.5 Å². The maximum Gasteiger partial charge on any atom is 0.176 e. The SMILES string of the molecule is C=CCc1cccc2occ(C(=O)C(COOCC)c3c[nH]c4ccccc34)c12. The summed E-state index contributed by atoms with van der Waals surface area (Å²) in [7, 11) is 0. The van der Waals surface area contributed by atoms with Gasteiger partial charge in [-0.2, -0.15) is 0 Å². The third-order valence-corrected chi connectivity index (χ3v) is 5.06. The van der Waals surface area contributed by atoms with Crippen LogP contribution in [0.5, 0.6) is 0 Å². The Morgan fingerprint density at radius 2 is 2.07 bits per heavy atom. The Hall–Kier alpha value is -3.15. The molecule has 29 heavy (non-hydrogen) atoms. The van der Waals surface area contributed by atoms with E-state index in [0.717, 1.165) is 27.4 Å². The van der Waals surface area contributed by atoms with Gasteiger partial charge < -0.3 is 9.40 Å². The highest BCUT2D eigenvalue weighted by molar-refractivity contribution is 6.12. The van der Waals surface area contributed by atoms with Gasteiger partial charge in [-0.15, -0.1) is 6.58 Å². The Labute approximate surface area is 168 Å². The highest BCUT2D eigenvalue weighted by Gasteiger charge is 2.28. The number of benzene rings is 2. The van der Waals surface area contributed by atoms with E-state index in [4.69, 9.17) is 14.2 Å². The highest BCUT2D eigenvalue weighted by Crippen LogP contribution is 2.33. The Kier molecular flexibility index (Phi) is 5.60. The fraction of sp³-hybridized carbons (Fsp3) is 0.208. The zero-order chi connectivity index (χ0) is 20.2. The first-order chi connectivity index (χ1) is 14.2. The molecule has 0 spiro atoms. The largest absolute Gasteiger partial charge is 0.464 e. The van der Waals surface area contributed by atoms with Crippen LogP contribution in [-0.4, -0.2) is 24.0 Å². The first kappa shape index (κ1) is 19.2. The van der Waals surface area contributed by atoms with Crippen LogP contribution in [0, 0.1) is 0 Å². The quantitative estimate of drug-likeness (QED) is 0.133. The van der Waals surface area contributed by atoms with E-state index in [1.165, 1.54) is 0 Å². The summed E-state index contributed by atoms with van der Waals surface area (Å²) in [5.41, 5.74) is 4.10. The van der Waals surface area contributed by atoms with Crippen LogP contribution in [0.4, 0.5) is 0 Å². The smallest absolute Gasteiger partial charge is 0.176 e. The molecule has 5 heteroatoms. The average Bonchev–Trinajstić information content (AvgIpc) is 3.36. The Balaban J connectivity index is 1.80. The van der Waals surface area contributed by atoms with E-state index in [9.17, 15) is 4.79 Å². The van der Waals surface area contributed by atoms with Crippen molar-refractivity contribution in [1.82, 2.24) is 4.98 Å². The maximum atomic E-state index is 13.7. The number of nitrogens with one attached hydrogen (secondary N) is 1. The average molecular weight is 389 g/mol. The second kappa shape index (κ2) is 8.47. The molecule has 0 aliphatic carbocycles. The van der Waals surface area contributed by atoms with Crippen LogP contribution in [0.3, 0.4) is 0 Å². The molecule has 2 aromatic heterocycles. The number of allylic oxidation sites excluding steroid dienone is 1. The van der Waals surface area contributed by atoms with E-state index < -0.39 is 5.92 Å². The number of furan rings is 1. The summed E-state index contributed by atoms with van der Waals surface area (Å²) in [6.45, 7) is 6.19. The van der Waals surface area contributed by atoms with E-state index in [2.05, 4.69) is 11.6 Å². The van der Waals surface area contributed by atoms with E-state index in [1.54, 1.807) is 6.26 Å². The lowest BCUT2D eigenvalue weighted by Crippen LogP contribution is -2.19. The van der Waals surface area contributed by atoms with Crippen LogP contribution in [0.15, 0.2) is 72.0 Å². The zero-order valence-electron chi connectivity index (χ0n) is 16.3. The molecule has 4 rings (SSSR count). The molecule has 0 amide bonds. The minimum Gasteiger partial charge on any atom is -0.464 e. The zero-order valence-corrected chi connectivity index (χ0v) is 16.3. The summed E-state index contributed by atoms with van der Waals surface area (Å²) in [5, 5.41) is 1.82. The predicted octanol–water partition coefficient (Wildman–Crippen LogP) is 5.58. The molecule has 0 aliphatic heterocycles. The van der Waals surface area contributed by atoms with Crippen molar-refractivity contribution >= 4 is 27.7 Å². The number of hydrogen-bond donors (Lipinski definition) is 1. The highest BCUT2D eigenvalue weighted by atomic mass is 17.2. The number of carbonyl (C=O) groups is 1. The molecule has 0 saturated carbocycles. The van der Waals surface area contributed by atoms with Crippen LogP contribution in [0.25, 0.3) is 21.9 Å². The molecule has 0 radical (unpaired) electrons. The minimum atomic E-state index is -0.532. The van der Waals surface area contributed by atoms with Gasteiger partial charge in [0.25, 0.3) is 0 Å². The number of carbonyl (C=O) groups excluding carboxylic acids is 1. The lowest BCUT2D eigenvalue weighted by atomic mass is 9.89. The fourth-order valence-corrected chi connectivity index (χ4v) is 3.74. The van der Waals surface area contributed by atoms with Gasteiger partial charge in [-0.3, -0.25) is 4.79 Å². The lowest BCUT2D eigenvalue weighted by molar-refractivity contribution is -0.292. The molecule has 1 N–H and O–H groups in total. The second-order valence-corrected chi connectivity index (χ2v) is 6.83. The monoisotopic (exact) mass is 389 g/mol. The summed E-state index contributed by atoms with van der Waals surface area (Å²) in [6.07, 6.45) is 5.90. The Bertz CT molecular complexity index is 1150. The summed E-state index contributed by atoms with van der Waals surface area (Å²) < 4.78 is 5.70. The van der Waals surface area contributed by atoms with Gasteiger partial charge >= 0.3 is 0 Å². The van der Waals surface area contributed by atoms with Crippen LogP contribution in [-0.2, 0) is 16.2 Å². The molecule has 5 nitrogen and oxygen atoms in total. The van der Waals surface area contributed by atoms with Crippen molar-refractivity contribution in [2.24, 2.45) is 0 Å². The van der Waals surface area contributed by atoms with Gasteiger partial charge in [0.1, 0.15) is 11.8 Å². The van der Waals surface area contributed by atoms with E-state index in [1.807, 2.05) is 61.7 Å². The normalized spacial score (nSPS) is 12.4. The van der Waals surface area contributed by atoms with Crippen LogP contribution >= 0.6 is 0 Å². The van der Waals surface area contributed by atoms with Gasteiger partial charge in [0.15, 0.2) is 5.78 Å². The summed E-state index contributed by atoms with van der Waals surface area (Å²) in [5.74, 6) is -0.597. The number of aromatic amines is 1. The van der Waals surface area contributed by atoms with Gasteiger partial charge in [0.05, 0.1) is 24.7 Å². The van der Waals surface area contributed by atoms with E-state index in [-0.39, 0.29) is 12.4 Å².